The number of fused-ring (bicyclic) bond motifs is 1. The number of rotatable bonds is 3. The van der Waals surface area contributed by atoms with Gasteiger partial charge in [-0.25, -0.2) is 0 Å². The zero-order valence-corrected chi connectivity index (χ0v) is 13.3. The molecule has 0 atom stereocenters. The van der Waals surface area contributed by atoms with E-state index in [1.165, 1.54) is 19.3 Å². The van der Waals surface area contributed by atoms with Crippen LogP contribution in [0.3, 0.4) is 0 Å². The van der Waals surface area contributed by atoms with E-state index in [4.69, 9.17) is 0 Å². The molecule has 0 aliphatic heterocycles. The highest BCUT2D eigenvalue weighted by molar-refractivity contribution is 5.95. The van der Waals surface area contributed by atoms with E-state index in [2.05, 4.69) is 17.2 Å². The molecule has 0 radical (unpaired) electrons. The van der Waals surface area contributed by atoms with E-state index >= 15 is 0 Å². The maximum atomic E-state index is 12.6. The molecule has 0 aromatic carbocycles. The van der Waals surface area contributed by atoms with Gasteiger partial charge in [-0.2, -0.15) is 0 Å². The van der Waals surface area contributed by atoms with Gasteiger partial charge < -0.3 is 10.3 Å². The third-order valence-electron chi connectivity index (χ3n) is 6.09. The van der Waals surface area contributed by atoms with Crippen LogP contribution in [0.4, 0.5) is 0 Å². The lowest BCUT2D eigenvalue weighted by Gasteiger charge is -2.24. The molecule has 1 aromatic heterocycles. The summed E-state index contributed by atoms with van der Waals surface area (Å²) in [6.45, 7) is 2.25. The zero-order chi connectivity index (χ0) is 15.4. The molecule has 2 saturated carbocycles. The Morgan fingerprint density at radius 2 is 1.86 bits per heavy atom. The van der Waals surface area contributed by atoms with Crippen LogP contribution in [0.1, 0.15) is 73.5 Å². The molecule has 3 aliphatic rings. The topological polar surface area (TPSA) is 62.0 Å². The molecule has 0 unspecified atom stereocenters. The van der Waals surface area contributed by atoms with Crippen LogP contribution in [0.5, 0.6) is 0 Å². The fraction of sp³-hybridized carbons (Fsp3) is 0.667. The average Bonchev–Trinajstić information content (AvgIpc) is 3.35. The Labute approximate surface area is 130 Å². The van der Waals surface area contributed by atoms with E-state index in [0.29, 0.717) is 5.56 Å². The van der Waals surface area contributed by atoms with E-state index in [0.717, 1.165) is 49.8 Å². The maximum absolute atomic E-state index is 12.6. The number of carbonyl (C=O) groups is 1. The van der Waals surface area contributed by atoms with Crippen molar-refractivity contribution in [1.29, 1.82) is 0 Å². The number of aryl methyl sites for hydroxylation is 2. The molecule has 22 heavy (non-hydrogen) atoms. The molecule has 1 aromatic rings. The molecular formula is C18H24N2O2. The largest absolute Gasteiger partial charge is 0.346 e. The number of hydrogen-bond donors (Lipinski definition) is 2. The molecule has 1 heterocycles. The summed E-state index contributed by atoms with van der Waals surface area (Å²) in [4.78, 5) is 27.9. The molecule has 2 fully saturated rings. The van der Waals surface area contributed by atoms with Gasteiger partial charge in [0, 0.05) is 11.2 Å². The Balaban J connectivity index is 1.61. The van der Waals surface area contributed by atoms with Crippen molar-refractivity contribution in [3.05, 3.63) is 33.2 Å². The number of aromatic nitrogens is 1. The van der Waals surface area contributed by atoms with Crippen molar-refractivity contribution in [3.8, 4) is 0 Å². The second-order valence-corrected chi connectivity index (χ2v) is 7.67. The molecule has 4 nitrogen and oxygen atoms in total. The average molecular weight is 300 g/mol. The number of nitrogens with one attached hydrogen (secondary N) is 2. The molecule has 0 bridgehead atoms. The van der Waals surface area contributed by atoms with Crippen LogP contribution in [0.2, 0.25) is 0 Å². The summed E-state index contributed by atoms with van der Waals surface area (Å²) in [5.74, 6) is -0.182. The summed E-state index contributed by atoms with van der Waals surface area (Å²) in [6.07, 6.45) is 9.83. The molecule has 1 amide bonds. The first-order valence-corrected chi connectivity index (χ1v) is 8.61. The minimum absolute atomic E-state index is 0.0384. The van der Waals surface area contributed by atoms with Crippen molar-refractivity contribution in [2.75, 3.05) is 0 Å². The van der Waals surface area contributed by atoms with Gasteiger partial charge in [-0.15, -0.1) is 0 Å². The highest BCUT2D eigenvalue weighted by Crippen LogP contribution is 2.63. The van der Waals surface area contributed by atoms with E-state index in [9.17, 15) is 9.59 Å². The third kappa shape index (κ3) is 2.20. The Bertz CT molecular complexity index is 681. The van der Waals surface area contributed by atoms with Gasteiger partial charge in [0.2, 0.25) is 0 Å². The van der Waals surface area contributed by atoms with Gasteiger partial charge >= 0.3 is 0 Å². The van der Waals surface area contributed by atoms with Crippen molar-refractivity contribution in [3.63, 3.8) is 0 Å². The Morgan fingerprint density at radius 3 is 2.55 bits per heavy atom. The van der Waals surface area contributed by atoms with Crippen LogP contribution in [0, 0.1) is 5.41 Å². The molecule has 118 valence electrons. The number of aromatic amines is 1. The van der Waals surface area contributed by atoms with Gasteiger partial charge in [0.05, 0.1) is 0 Å². The van der Waals surface area contributed by atoms with E-state index < -0.39 is 0 Å². The van der Waals surface area contributed by atoms with Gasteiger partial charge in [0.25, 0.3) is 11.5 Å². The Hall–Kier alpha value is -1.58. The van der Waals surface area contributed by atoms with Crippen molar-refractivity contribution in [2.24, 2.45) is 5.41 Å². The van der Waals surface area contributed by atoms with Crippen LogP contribution < -0.4 is 10.9 Å². The Kier molecular flexibility index (Phi) is 3.00. The van der Waals surface area contributed by atoms with Gasteiger partial charge in [0.1, 0.15) is 5.56 Å². The number of hydrogen-bond acceptors (Lipinski definition) is 2. The third-order valence-corrected chi connectivity index (χ3v) is 6.09. The molecule has 0 saturated heterocycles. The molecule has 2 N–H and O–H groups in total. The van der Waals surface area contributed by atoms with Crippen molar-refractivity contribution in [2.45, 2.75) is 70.3 Å². The number of carbonyl (C=O) groups excluding carboxylic acids is 1. The summed E-state index contributed by atoms with van der Waals surface area (Å²) in [6, 6.07) is 1.85. The van der Waals surface area contributed by atoms with E-state index in [1.807, 2.05) is 6.07 Å². The second-order valence-electron chi connectivity index (χ2n) is 7.67. The number of amides is 1. The summed E-state index contributed by atoms with van der Waals surface area (Å²) >= 11 is 0. The van der Waals surface area contributed by atoms with Gasteiger partial charge in [-0.05, 0) is 68.4 Å². The van der Waals surface area contributed by atoms with Gasteiger partial charge in [-0.1, -0.05) is 13.3 Å². The zero-order valence-electron chi connectivity index (χ0n) is 13.3. The first kappa shape index (κ1) is 14.0. The monoisotopic (exact) mass is 300 g/mol. The maximum Gasteiger partial charge on any atom is 0.261 e. The summed E-state index contributed by atoms with van der Waals surface area (Å²) in [5.41, 5.74) is 2.50. The van der Waals surface area contributed by atoms with Crippen molar-refractivity contribution < 1.29 is 4.79 Å². The minimum atomic E-state index is -0.227. The minimum Gasteiger partial charge on any atom is -0.346 e. The van der Waals surface area contributed by atoms with E-state index in [1.54, 1.807) is 0 Å². The Morgan fingerprint density at radius 1 is 1.14 bits per heavy atom. The number of pyridine rings is 1. The lowest BCUT2D eigenvalue weighted by molar-refractivity contribution is 0.0908. The standard InChI is InChI=1S/C18H24N2O2/c1-17(7-8-17)18(9-10-18)20-16(22)13-11-12-5-3-2-4-6-14(12)19-15(13)21/h11H,2-10H2,1H3,(H,19,21)(H,20,22). The highest BCUT2D eigenvalue weighted by atomic mass is 16.2. The van der Waals surface area contributed by atoms with Crippen molar-refractivity contribution in [1.82, 2.24) is 10.3 Å². The molecule has 4 heteroatoms. The van der Waals surface area contributed by atoms with Gasteiger partial charge in [0.15, 0.2) is 0 Å². The highest BCUT2D eigenvalue weighted by Gasteiger charge is 2.63. The van der Waals surface area contributed by atoms with Crippen molar-refractivity contribution >= 4 is 5.91 Å². The first-order chi connectivity index (χ1) is 10.5. The predicted octanol–water partition coefficient (Wildman–Crippen LogP) is 2.71. The lowest BCUT2D eigenvalue weighted by atomic mass is 9.95. The normalized spacial score (nSPS) is 24.0. The SMILES string of the molecule is CC1(C2(NC(=O)c3cc4c([nH]c3=O)CCCCC4)CC2)CC1. The first-order valence-electron chi connectivity index (χ1n) is 8.61. The second kappa shape index (κ2) is 4.71. The number of H-pyrrole nitrogens is 1. The van der Waals surface area contributed by atoms with Crippen LogP contribution in [-0.2, 0) is 12.8 Å². The molecule has 0 spiro atoms. The predicted molar refractivity (Wildman–Crippen MR) is 85.1 cm³/mol. The van der Waals surface area contributed by atoms with Crippen LogP contribution in [-0.4, -0.2) is 16.4 Å². The molecule has 3 aliphatic carbocycles. The van der Waals surface area contributed by atoms with Crippen LogP contribution >= 0.6 is 0 Å². The lowest BCUT2D eigenvalue weighted by Crippen LogP contribution is -2.44. The molecule has 4 rings (SSSR count). The fourth-order valence-electron chi connectivity index (χ4n) is 3.98. The molecular weight excluding hydrogens is 276 g/mol. The summed E-state index contributed by atoms with van der Waals surface area (Å²) < 4.78 is 0. The van der Waals surface area contributed by atoms with E-state index in [-0.39, 0.29) is 22.4 Å². The quantitative estimate of drug-likeness (QED) is 0.843. The fourth-order valence-corrected chi connectivity index (χ4v) is 3.98. The summed E-state index contributed by atoms with van der Waals surface area (Å²) in [7, 11) is 0. The van der Waals surface area contributed by atoms with Gasteiger partial charge in [-0.3, -0.25) is 9.59 Å². The van der Waals surface area contributed by atoms with Crippen LogP contribution in [0.15, 0.2) is 10.9 Å². The smallest absolute Gasteiger partial charge is 0.261 e. The van der Waals surface area contributed by atoms with Crippen LogP contribution in [0.25, 0.3) is 0 Å². The summed E-state index contributed by atoms with van der Waals surface area (Å²) in [5, 5.41) is 3.19.